The summed E-state index contributed by atoms with van der Waals surface area (Å²) in [5.74, 6) is 3.69. The van der Waals surface area contributed by atoms with Gasteiger partial charge in [0.25, 0.3) is 0 Å². The van der Waals surface area contributed by atoms with Crippen LogP contribution < -0.4 is 5.73 Å². The summed E-state index contributed by atoms with van der Waals surface area (Å²) in [4.78, 5) is 0. The third kappa shape index (κ3) is 4.24. The zero-order chi connectivity index (χ0) is 24.4. The van der Waals surface area contributed by atoms with E-state index in [1.165, 1.54) is 64.2 Å². The molecule has 4 fully saturated rings. The lowest BCUT2D eigenvalue weighted by Gasteiger charge is -2.61. The molecule has 4 saturated carbocycles. The highest BCUT2D eigenvalue weighted by Gasteiger charge is 2.65. The van der Waals surface area contributed by atoms with Gasteiger partial charge in [0, 0.05) is 12.0 Å². The third-order valence-corrected chi connectivity index (χ3v) is 11.1. The normalized spacial score (nSPS) is 47.5. The highest BCUT2D eigenvalue weighted by atomic mass is 14.7. The summed E-state index contributed by atoms with van der Waals surface area (Å²) in [5.41, 5.74) is 9.48. The first-order valence-corrected chi connectivity index (χ1v) is 14.6. The Kier molecular flexibility index (Phi) is 8.47. The minimum absolute atomic E-state index is 0.325. The van der Waals surface area contributed by atoms with Crippen LogP contribution in [0, 0.1) is 57.2 Å². The Hall–Kier alpha value is -0.810. The molecule has 188 valence electrons. The van der Waals surface area contributed by atoms with Gasteiger partial charge in [0.1, 0.15) is 0 Å². The minimum atomic E-state index is 0.325. The number of hydrogen-bond donors (Lipinski definition) is 1. The molecule has 2 N–H and O–H groups in total. The van der Waals surface area contributed by atoms with Crippen LogP contribution in [0.3, 0.4) is 0 Å². The van der Waals surface area contributed by atoms with E-state index in [0.29, 0.717) is 28.2 Å². The van der Waals surface area contributed by atoms with Crippen LogP contribution in [0.1, 0.15) is 126 Å². The molecule has 0 aromatic carbocycles. The molecule has 0 bridgehead atoms. The van der Waals surface area contributed by atoms with Crippen molar-refractivity contribution in [3.05, 3.63) is 11.6 Å². The SMILES string of the molecule is CC.CCC.CCC1C=C2CC(N)CCC2(C)C2CCC3(C)C(CCC34CCC(C#N)C4)C12. The smallest absolute Gasteiger partial charge is 0.0656 e. The van der Waals surface area contributed by atoms with E-state index in [-0.39, 0.29) is 0 Å². The molecule has 9 unspecified atom stereocenters. The number of fused-ring (bicyclic) bond motifs is 6. The molecule has 2 nitrogen and oxygen atoms in total. The Morgan fingerprint density at radius 1 is 0.970 bits per heavy atom. The van der Waals surface area contributed by atoms with E-state index >= 15 is 0 Å². The van der Waals surface area contributed by atoms with E-state index in [0.717, 1.165) is 36.5 Å². The van der Waals surface area contributed by atoms with E-state index in [1.807, 2.05) is 13.8 Å². The minimum Gasteiger partial charge on any atom is -0.327 e. The van der Waals surface area contributed by atoms with Crippen molar-refractivity contribution in [1.29, 1.82) is 5.26 Å². The number of hydrogen-bond acceptors (Lipinski definition) is 2. The van der Waals surface area contributed by atoms with Crippen LogP contribution in [0.2, 0.25) is 0 Å². The highest BCUT2D eigenvalue weighted by molar-refractivity contribution is 5.28. The summed E-state index contributed by atoms with van der Waals surface area (Å²) in [6, 6.07) is 3.02. The number of allylic oxidation sites excluding steroid dienone is 1. The molecule has 0 aromatic rings. The van der Waals surface area contributed by atoms with E-state index < -0.39 is 0 Å². The van der Waals surface area contributed by atoms with Crippen molar-refractivity contribution in [3.63, 3.8) is 0 Å². The van der Waals surface area contributed by atoms with Crippen LogP contribution in [0.5, 0.6) is 0 Å². The molecule has 0 aromatic heterocycles. The van der Waals surface area contributed by atoms with Crippen molar-refractivity contribution < 1.29 is 0 Å². The van der Waals surface area contributed by atoms with E-state index in [9.17, 15) is 5.26 Å². The lowest BCUT2D eigenvalue weighted by atomic mass is 9.43. The van der Waals surface area contributed by atoms with Crippen LogP contribution in [-0.2, 0) is 0 Å². The van der Waals surface area contributed by atoms with E-state index in [1.54, 1.807) is 5.57 Å². The fourth-order valence-corrected chi connectivity index (χ4v) is 9.45. The van der Waals surface area contributed by atoms with Gasteiger partial charge in [-0.25, -0.2) is 0 Å². The van der Waals surface area contributed by atoms with Crippen LogP contribution in [0.25, 0.3) is 0 Å². The molecule has 0 radical (unpaired) electrons. The van der Waals surface area contributed by atoms with Crippen molar-refractivity contribution in [2.75, 3.05) is 0 Å². The first-order chi connectivity index (χ1) is 15.8. The molecular weight excluding hydrogens is 400 g/mol. The van der Waals surface area contributed by atoms with Gasteiger partial charge in [-0.05, 0) is 111 Å². The van der Waals surface area contributed by atoms with Gasteiger partial charge in [-0.15, -0.1) is 0 Å². The van der Waals surface area contributed by atoms with Crippen LogP contribution in [0.15, 0.2) is 11.6 Å². The second-order valence-electron chi connectivity index (χ2n) is 12.5. The lowest BCUT2D eigenvalue weighted by molar-refractivity contribution is -0.0889. The number of nitriles is 1. The van der Waals surface area contributed by atoms with Crippen LogP contribution in [0.4, 0.5) is 0 Å². The maximum atomic E-state index is 9.57. The molecule has 5 rings (SSSR count). The molecule has 1 spiro atoms. The predicted molar refractivity (Wildman–Crippen MR) is 142 cm³/mol. The predicted octanol–water partition coefficient (Wildman–Crippen LogP) is 8.67. The van der Waals surface area contributed by atoms with Crippen LogP contribution >= 0.6 is 0 Å². The Labute approximate surface area is 206 Å². The Morgan fingerprint density at radius 2 is 1.61 bits per heavy atom. The van der Waals surface area contributed by atoms with Gasteiger partial charge in [-0.2, -0.15) is 5.26 Å². The van der Waals surface area contributed by atoms with Crippen molar-refractivity contribution in [2.24, 2.45) is 51.6 Å². The van der Waals surface area contributed by atoms with Gasteiger partial charge in [-0.3, -0.25) is 0 Å². The van der Waals surface area contributed by atoms with Gasteiger partial charge in [0.15, 0.2) is 0 Å². The average Bonchev–Trinajstić information content (AvgIpc) is 3.37. The maximum absolute atomic E-state index is 9.57. The fraction of sp³-hybridized carbons (Fsp3) is 0.903. The van der Waals surface area contributed by atoms with Gasteiger partial charge in [0.05, 0.1) is 6.07 Å². The van der Waals surface area contributed by atoms with Crippen molar-refractivity contribution in [3.8, 4) is 6.07 Å². The van der Waals surface area contributed by atoms with Gasteiger partial charge in [0.2, 0.25) is 0 Å². The van der Waals surface area contributed by atoms with Crippen molar-refractivity contribution in [2.45, 2.75) is 132 Å². The number of nitrogens with two attached hydrogens (primary N) is 1. The molecule has 0 aliphatic heterocycles. The first kappa shape index (κ1) is 26.8. The van der Waals surface area contributed by atoms with Gasteiger partial charge < -0.3 is 5.73 Å². The van der Waals surface area contributed by atoms with Crippen molar-refractivity contribution in [1.82, 2.24) is 0 Å². The molecule has 33 heavy (non-hydrogen) atoms. The molecule has 0 saturated heterocycles. The lowest BCUT2D eigenvalue weighted by Crippen LogP contribution is -2.54. The molecular formula is C31H54N2. The summed E-state index contributed by atoms with van der Waals surface area (Å²) >= 11 is 0. The zero-order valence-corrected chi connectivity index (χ0v) is 23.1. The second-order valence-corrected chi connectivity index (χ2v) is 12.5. The molecule has 5 aliphatic rings. The Bertz CT molecular complexity index is 734. The summed E-state index contributed by atoms with van der Waals surface area (Å²) in [6.07, 6.45) is 18.2. The Morgan fingerprint density at radius 3 is 2.21 bits per heavy atom. The first-order valence-electron chi connectivity index (χ1n) is 14.6. The largest absolute Gasteiger partial charge is 0.327 e. The third-order valence-electron chi connectivity index (χ3n) is 11.1. The fourth-order valence-electron chi connectivity index (χ4n) is 9.45. The quantitative estimate of drug-likeness (QED) is 0.403. The van der Waals surface area contributed by atoms with E-state index in [2.05, 4.69) is 46.8 Å². The topological polar surface area (TPSA) is 49.8 Å². The summed E-state index contributed by atoms with van der Waals surface area (Å²) in [6.45, 7) is 15.9. The number of nitrogens with zero attached hydrogens (tertiary/aromatic N) is 1. The molecule has 0 amide bonds. The van der Waals surface area contributed by atoms with E-state index in [4.69, 9.17) is 5.73 Å². The molecule has 0 heterocycles. The van der Waals surface area contributed by atoms with Gasteiger partial charge >= 0.3 is 0 Å². The maximum Gasteiger partial charge on any atom is 0.0656 e. The standard InChI is InChI=1S/C26H40N2.C3H8.C2H6/c1-4-18-13-19-14-20(28)6-9-24(19,2)21-7-10-25(3)22(23(18)21)8-12-26(25)11-5-17(15-26)16-27;1-3-2;1-2/h13,17-18,20-23H,4-12,14-15,28H2,1-3H3;3H2,1-2H3;1-2H3. The average molecular weight is 455 g/mol. The summed E-state index contributed by atoms with van der Waals surface area (Å²) in [7, 11) is 0. The monoisotopic (exact) mass is 454 g/mol. The Balaban J connectivity index is 0.000000569. The van der Waals surface area contributed by atoms with Gasteiger partial charge in [-0.1, -0.05) is 66.5 Å². The summed E-state index contributed by atoms with van der Waals surface area (Å²) in [5, 5.41) is 9.57. The summed E-state index contributed by atoms with van der Waals surface area (Å²) < 4.78 is 0. The molecule has 9 atom stereocenters. The molecule has 2 heteroatoms. The second kappa shape index (κ2) is 10.4. The molecule has 5 aliphatic carbocycles. The van der Waals surface area contributed by atoms with Crippen molar-refractivity contribution >= 4 is 0 Å². The zero-order valence-electron chi connectivity index (χ0n) is 23.1. The number of rotatable bonds is 1. The highest BCUT2D eigenvalue weighted by Crippen LogP contribution is 2.74. The van der Waals surface area contributed by atoms with Crippen LogP contribution in [-0.4, -0.2) is 6.04 Å².